The quantitative estimate of drug-likeness (QED) is 0.615. The Kier molecular flexibility index (Phi) is 4.60. The lowest BCUT2D eigenvalue weighted by Gasteiger charge is -2.16. The molecule has 0 aliphatic rings. The second-order valence-electron chi connectivity index (χ2n) is 4.00. The van der Waals surface area contributed by atoms with Crippen LogP contribution in [0.5, 0.6) is 0 Å². The second kappa shape index (κ2) is 6.40. The number of methoxy groups -OCH3 is 2. The molecule has 2 heterocycles. The van der Waals surface area contributed by atoms with Crippen LogP contribution in [0.25, 0.3) is 11.0 Å². The molecule has 0 saturated carbocycles. The summed E-state index contributed by atoms with van der Waals surface area (Å²) in [4.78, 5) is 20.6. The summed E-state index contributed by atoms with van der Waals surface area (Å²) >= 11 is 0. The summed E-state index contributed by atoms with van der Waals surface area (Å²) in [7, 11) is 2.96. The maximum atomic E-state index is 12.1. The van der Waals surface area contributed by atoms with Crippen LogP contribution in [-0.4, -0.2) is 36.8 Å². The first-order valence-electron chi connectivity index (χ1n) is 6.19. The molecule has 2 rings (SSSR count). The van der Waals surface area contributed by atoms with Gasteiger partial charge in [-0.3, -0.25) is 0 Å². The number of carbonyl (C=O) groups is 1. The van der Waals surface area contributed by atoms with E-state index in [0.717, 1.165) is 5.39 Å². The molecule has 0 atom stereocenters. The number of nitrogens with zero attached hydrogens (tertiary/aromatic N) is 2. The molecule has 0 aliphatic heterocycles. The molecule has 0 unspecified atom stereocenters. The summed E-state index contributed by atoms with van der Waals surface area (Å²) in [5, 5.41) is 0.755. The molecule has 6 heteroatoms. The van der Waals surface area contributed by atoms with Crippen LogP contribution in [-0.2, 0) is 14.2 Å². The Morgan fingerprint density at radius 1 is 1.35 bits per heavy atom. The normalized spacial score (nSPS) is 11.0. The Balaban J connectivity index is 2.61. The van der Waals surface area contributed by atoms with E-state index in [2.05, 4.69) is 9.97 Å². The lowest BCUT2D eigenvalue weighted by Crippen LogP contribution is -2.15. The van der Waals surface area contributed by atoms with Crippen LogP contribution in [0.4, 0.5) is 0 Å². The standard InChI is InChI=1S/C14H16N2O4/c1-4-20-13(17)10-8-9-6-5-7-15-12(9)16-11(10)14(18-2)19-3/h5-8,14H,4H2,1-3H3. The molecule has 2 aromatic rings. The van der Waals surface area contributed by atoms with E-state index in [9.17, 15) is 4.79 Å². The highest BCUT2D eigenvalue weighted by Crippen LogP contribution is 2.24. The highest BCUT2D eigenvalue weighted by atomic mass is 16.7. The molecule has 6 nitrogen and oxygen atoms in total. The van der Waals surface area contributed by atoms with E-state index in [1.807, 2.05) is 6.07 Å². The Morgan fingerprint density at radius 2 is 2.10 bits per heavy atom. The largest absolute Gasteiger partial charge is 0.462 e. The zero-order valence-electron chi connectivity index (χ0n) is 11.6. The van der Waals surface area contributed by atoms with Crippen LogP contribution < -0.4 is 0 Å². The van der Waals surface area contributed by atoms with Crippen LogP contribution in [0.1, 0.15) is 29.3 Å². The average molecular weight is 276 g/mol. The van der Waals surface area contributed by atoms with Gasteiger partial charge in [-0.05, 0) is 25.1 Å². The van der Waals surface area contributed by atoms with Gasteiger partial charge in [0, 0.05) is 25.8 Å². The third-order valence-electron chi connectivity index (χ3n) is 2.77. The van der Waals surface area contributed by atoms with Crippen molar-refractivity contribution in [2.45, 2.75) is 13.2 Å². The van der Waals surface area contributed by atoms with Crippen molar-refractivity contribution >= 4 is 17.0 Å². The Labute approximate surface area is 116 Å². The van der Waals surface area contributed by atoms with Gasteiger partial charge >= 0.3 is 5.97 Å². The van der Waals surface area contributed by atoms with Gasteiger partial charge in [0.25, 0.3) is 0 Å². The second-order valence-corrected chi connectivity index (χ2v) is 4.00. The Bertz CT molecular complexity index is 611. The fourth-order valence-corrected chi connectivity index (χ4v) is 1.89. The Hall–Kier alpha value is -2.05. The summed E-state index contributed by atoms with van der Waals surface area (Å²) in [6.45, 7) is 2.03. The van der Waals surface area contributed by atoms with Crippen LogP contribution in [0.3, 0.4) is 0 Å². The molecule has 106 valence electrons. The molecule has 0 saturated heterocycles. The van der Waals surface area contributed by atoms with E-state index in [-0.39, 0.29) is 6.61 Å². The maximum absolute atomic E-state index is 12.1. The van der Waals surface area contributed by atoms with Crippen LogP contribution in [0, 0.1) is 0 Å². The topological polar surface area (TPSA) is 70.5 Å². The predicted octanol–water partition coefficient (Wildman–Crippen LogP) is 2.10. The molecular weight excluding hydrogens is 260 g/mol. The van der Waals surface area contributed by atoms with Gasteiger partial charge in [0.2, 0.25) is 6.29 Å². The van der Waals surface area contributed by atoms with Crippen LogP contribution in [0.2, 0.25) is 0 Å². The molecule has 0 aromatic carbocycles. The van der Waals surface area contributed by atoms with E-state index < -0.39 is 12.3 Å². The molecule has 0 amide bonds. The molecule has 20 heavy (non-hydrogen) atoms. The predicted molar refractivity (Wildman–Crippen MR) is 72.3 cm³/mol. The van der Waals surface area contributed by atoms with E-state index in [1.54, 1.807) is 25.3 Å². The fraction of sp³-hybridized carbons (Fsp3) is 0.357. The summed E-state index contributed by atoms with van der Waals surface area (Å²) in [6.07, 6.45) is 0.887. The highest BCUT2D eigenvalue weighted by Gasteiger charge is 2.22. The molecule has 0 aliphatic carbocycles. The third kappa shape index (κ3) is 2.76. The van der Waals surface area contributed by atoms with Crippen molar-refractivity contribution < 1.29 is 19.0 Å². The molecule has 0 fully saturated rings. The number of ether oxygens (including phenoxy) is 3. The summed E-state index contributed by atoms with van der Waals surface area (Å²) in [5.74, 6) is -0.458. The number of pyridine rings is 2. The van der Waals surface area contributed by atoms with Crippen molar-refractivity contribution in [1.82, 2.24) is 9.97 Å². The van der Waals surface area contributed by atoms with E-state index in [0.29, 0.717) is 16.9 Å². The van der Waals surface area contributed by atoms with Crippen molar-refractivity contribution in [1.29, 1.82) is 0 Å². The number of esters is 1. The van der Waals surface area contributed by atoms with Gasteiger partial charge in [-0.15, -0.1) is 0 Å². The minimum Gasteiger partial charge on any atom is -0.462 e. The van der Waals surface area contributed by atoms with Crippen molar-refractivity contribution in [2.24, 2.45) is 0 Å². The lowest BCUT2D eigenvalue weighted by molar-refractivity contribution is -0.109. The molecule has 0 N–H and O–H groups in total. The van der Waals surface area contributed by atoms with Gasteiger partial charge in [-0.2, -0.15) is 0 Å². The molecular formula is C14H16N2O4. The zero-order valence-corrected chi connectivity index (χ0v) is 11.6. The minimum absolute atomic E-state index is 0.286. The number of carbonyl (C=O) groups excluding carboxylic acids is 1. The first-order valence-corrected chi connectivity index (χ1v) is 6.19. The van der Waals surface area contributed by atoms with Gasteiger partial charge in [0.1, 0.15) is 5.69 Å². The number of fused-ring (bicyclic) bond motifs is 1. The smallest absolute Gasteiger partial charge is 0.340 e. The molecule has 0 bridgehead atoms. The van der Waals surface area contributed by atoms with Crippen molar-refractivity contribution in [2.75, 3.05) is 20.8 Å². The zero-order chi connectivity index (χ0) is 14.5. The fourth-order valence-electron chi connectivity index (χ4n) is 1.89. The minimum atomic E-state index is -0.749. The van der Waals surface area contributed by atoms with Gasteiger partial charge < -0.3 is 14.2 Å². The van der Waals surface area contributed by atoms with E-state index >= 15 is 0 Å². The SMILES string of the molecule is CCOC(=O)c1cc2cccnc2nc1C(OC)OC. The first-order chi connectivity index (χ1) is 9.71. The highest BCUT2D eigenvalue weighted by molar-refractivity contribution is 5.94. The average Bonchev–Trinajstić information content (AvgIpc) is 2.48. The number of rotatable bonds is 5. The van der Waals surface area contributed by atoms with Crippen LogP contribution >= 0.6 is 0 Å². The third-order valence-corrected chi connectivity index (χ3v) is 2.77. The number of hydrogen-bond acceptors (Lipinski definition) is 6. The van der Waals surface area contributed by atoms with Crippen LogP contribution in [0.15, 0.2) is 24.4 Å². The number of aromatic nitrogens is 2. The van der Waals surface area contributed by atoms with Gasteiger partial charge in [-0.25, -0.2) is 14.8 Å². The van der Waals surface area contributed by atoms with Gasteiger partial charge in [0.15, 0.2) is 5.65 Å². The lowest BCUT2D eigenvalue weighted by atomic mass is 10.1. The molecule has 2 aromatic heterocycles. The van der Waals surface area contributed by atoms with Crippen molar-refractivity contribution in [3.8, 4) is 0 Å². The van der Waals surface area contributed by atoms with Gasteiger partial charge in [0.05, 0.1) is 12.2 Å². The summed E-state index contributed by atoms with van der Waals surface area (Å²) in [6, 6.07) is 5.30. The van der Waals surface area contributed by atoms with Crippen molar-refractivity contribution in [3.05, 3.63) is 35.7 Å². The number of hydrogen-bond donors (Lipinski definition) is 0. The summed E-state index contributed by atoms with van der Waals surface area (Å²) < 4.78 is 15.4. The first kappa shape index (κ1) is 14.4. The van der Waals surface area contributed by atoms with E-state index in [4.69, 9.17) is 14.2 Å². The Morgan fingerprint density at radius 3 is 2.75 bits per heavy atom. The van der Waals surface area contributed by atoms with E-state index in [1.165, 1.54) is 14.2 Å². The molecule has 0 spiro atoms. The van der Waals surface area contributed by atoms with Gasteiger partial charge in [-0.1, -0.05) is 0 Å². The monoisotopic (exact) mass is 276 g/mol. The maximum Gasteiger partial charge on any atom is 0.340 e. The molecule has 0 radical (unpaired) electrons. The summed E-state index contributed by atoms with van der Waals surface area (Å²) in [5.41, 5.74) is 1.20. The van der Waals surface area contributed by atoms with Crippen molar-refractivity contribution in [3.63, 3.8) is 0 Å².